The van der Waals surface area contributed by atoms with Gasteiger partial charge in [0.2, 0.25) is 0 Å². The molecule has 4 nitrogen and oxygen atoms in total. The topological polar surface area (TPSA) is 60.3 Å². The maximum atomic E-state index is 6.57. The van der Waals surface area contributed by atoms with Crippen LogP contribution in [-0.4, -0.2) is 25.4 Å². The zero-order valence-electron chi connectivity index (χ0n) is 16.4. The van der Waals surface area contributed by atoms with E-state index in [9.17, 15) is 0 Å². The molecule has 0 spiro atoms. The van der Waals surface area contributed by atoms with Crippen molar-refractivity contribution in [2.45, 2.75) is 63.1 Å². The lowest BCUT2D eigenvalue weighted by Gasteiger charge is -2.25. The van der Waals surface area contributed by atoms with Crippen LogP contribution in [0.15, 0.2) is 36.4 Å². The normalized spacial score (nSPS) is 24.1. The molecule has 2 atom stereocenters. The third-order valence-corrected chi connectivity index (χ3v) is 6.28. The molecule has 0 aromatic heterocycles. The second-order valence-corrected chi connectivity index (χ2v) is 8.40. The summed E-state index contributed by atoms with van der Waals surface area (Å²) >= 11 is 0. The first-order valence-electron chi connectivity index (χ1n) is 10.7. The van der Waals surface area contributed by atoms with Gasteiger partial charge in [0.25, 0.3) is 0 Å². The molecule has 2 saturated heterocycles. The van der Waals surface area contributed by atoms with Crippen molar-refractivity contribution in [2.75, 3.05) is 18.9 Å². The van der Waals surface area contributed by atoms with E-state index in [1.807, 2.05) is 12.1 Å². The second kappa shape index (κ2) is 7.76. The SMILES string of the molecule is Nc1ccc(Oc2ccccc2C2CCCCC2)c(CC2CO2)c1CC1CO1. The monoisotopic (exact) mass is 379 g/mol. The van der Waals surface area contributed by atoms with E-state index in [0.29, 0.717) is 12.0 Å². The van der Waals surface area contributed by atoms with Gasteiger partial charge in [-0.2, -0.15) is 0 Å². The lowest BCUT2D eigenvalue weighted by Crippen LogP contribution is -2.09. The molecule has 2 aliphatic heterocycles. The Morgan fingerprint density at radius 1 is 0.821 bits per heavy atom. The molecule has 148 valence electrons. The van der Waals surface area contributed by atoms with E-state index >= 15 is 0 Å². The molecule has 28 heavy (non-hydrogen) atoms. The number of nitrogen functional groups attached to an aromatic ring is 1. The largest absolute Gasteiger partial charge is 0.457 e. The van der Waals surface area contributed by atoms with E-state index in [0.717, 1.165) is 43.2 Å². The van der Waals surface area contributed by atoms with E-state index in [1.165, 1.54) is 48.8 Å². The molecule has 2 aromatic carbocycles. The number of nitrogens with two attached hydrogens (primary N) is 1. The van der Waals surface area contributed by atoms with Crippen molar-refractivity contribution in [3.05, 3.63) is 53.1 Å². The molecule has 2 aromatic rings. The minimum absolute atomic E-state index is 0.289. The van der Waals surface area contributed by atoms with E-state index in [2.05, 4.69) is 24.3 Å². The van der Waals surface area contributed by atoms with E-state index < -0.39 is 0 Å². The molecule has 1 aliphatic carbocycles. The van der Waals surface area contributed by atoms with Gasteiger partial charge in [0.05, 0.1) is 25.4 Å². The fourth-order valence-electron chi connectivity index (χ4n) is 4.52. The number of ether oxygens (including phenoxy) is 3. The average Bonchev–Trinajstić information content (AvgIpc) is 3.64. The number of epoxide rings is 2. The third kappa shape index (κ3) is 4.03. The van der Waals surface area contributed by atoms with Crippen LogP contribution in [0.1, 0.15) is 54.7 Å². The number of hydrogen-bond acceptors (Lipinski definition) is 4. The summed E-state index contributed by atoms with van der Waals surface area (Å²) in [7, 11) is 0. The molecular weight excluding hydrogens is 350 g/mol. The quantitative estimate of drug-likeness (QED) is 0.544. The molecule has 1 saturated carbocycles. The highest BCUT2D eigenvalue weighted by atomic mass is 16.6. The summed E-state index contributed by atoms with van der Waals surface area (Å²) in [5, 5.41) is 0. The minimum atomic E-state index is 0.289. The first kappa shape index (κ1) is 18.0. The zero-order chi connectivity index (χ0) is 18.9. The molecular formula is C24H29NO3. The molecule has 5 rings (SSSR count). The Kier molecular flexibility index (Phi) is 5.00. The standard InChI is InChI=1S/C24H29NO3/c25-22-10-11-24(21(13-18-15-27-18)20(22)12-17-14-26-17)28-23-9-5-4-8-19(23)16-6-2-1-3-7-16/h4-5,8-11,16-18H,1-3,6-7,12-15,25H2. The molecule has 3 aliphatic rings. The van der Waals surface area contributed by atoms with E-state index in [-0.39, 0.29) is 6.10 Å². The first-order chi connectivity index (χ1) is 13.8. The summed E-state index contributed by atoms with van der Waals surface area (Å²) in [5.41, 5.74) is 10.9. The van der Waals surface area contributed by atoms with Crippen LogP contribution in [-0.2, 0) is 22.3 Å². The zero-order valence-corrected chi connectivity index (χ0v) is 16.4. The van der Waals surface area contributed by atoms with Crippen LogP contribution in [0.25, 0.3) is 0 Å². The predicted molar refractivity (Wildman–Crippen MR) is 110 cm³/mol. The van der Waals surface area contributed by atoms with Crippen LogP contribution in [0.2, 0.25) is 0 Å². The Labute approximate surface area is 167 Å². The Balaban J connectivity index is 1.47. The van der Waals surface area contributed by atoms with Crippen LogP contribution < -0.4 is 10.5 Å². The summed E-state index contributed by atoms with van der Waals surface area (Å²) in [6.45, 7) is 1.65. The Morgan fingerprint density at radius 3 is 2.21 bits per heavy atom. The summed E-state index contributed by atoms with van der Waals surface area (Å²) < 4.78 is 17.6. The van der Waals surface area contributed by atoms with Crippen LogP contribution in [0.5, 0.6) is 11.5 Å². The lowest BCUT2D eigenvalue weighted by molar-refractivity contribution is 0.394. The van der Waals surface area contributed by atoms with Crippen molar-refractivity contribution in [3.8, 4) is 11.5 Å². The average molecular weight is 380 g/mol. The third-order valence-electron chi connectivity index (χ3n) is 6.28. The Morgan fingerprint density at radius 2 is 1.50 bits per heavy atom. The molecule has 2 unspecified atom stereocenters. The summed E-state index contributed by atoms with van der Waals surface area (Å²) in [5.74, 6) is 2.52. The van der Waals surface area contributed by atoms with Crippen LogP contribution >= 0.6 is 0 Å². The predicted octanol–water partition coefficient (Wildman–Crippen LogP) is 4.99. The number of anilines is 1. The van der Waals surface area contributed by atoms with Gasteiger partial charge in [0.1, 0.15) is 11.5 Å². The van der Waals surface area contributed by atoms with Crippen LogP contribution in [0.3, 0.4) is 0 Å². The van der Waals surface area contributed by atoms with Crippen molar-refractivity contribution in [3.63, 3.8) is 0 Å². The number of benzene rings is 2. The smallest absolute Gasteiger partial charge is 0.131 e. The number of rotatable bonds is 7. The lowest BCUT2D eigenvalue weighted by atomic mass is 9.84. The maximum absolute atomic E-state index is 6.57. The Hall–Kier alpha value is -2.04. The highest BCUT2D eigenvalue weighted by Gasteiger charge is 2.30. The second-order valence-electron chi connectivity index (χ2n) is 8.40. The van der Waals surface area contributed by atoms with Gasteiger partial charge < -0.3 is 19.9 Å². The summed E-state index contributed by atoms with van der Waals surface area (Å²) in [6.07, 6.45) is 8.80. The van der Waals surface area contributed by atoms with Gasteiger partial charge in [0.15, 0.2) is 0 Å². The van der Waals surface area contributed by atoms with Gasteiger partial charge in [-0.15, -0.1) is 0 Å². The fourth-order valence-corrected chi connectivity index (χ4v) is 4.52. The minimum Gasteiger partial charge on any atom is -0.457 e. The van der Waals surface area contributed by atoms with Gasteiger partial charge in [-0.3, -0.25) is 0 Å². The first-order valence-corrected chi connectivity index (χ1v) is 10.7. The van der Waals surface area contributed by atoms with Gasteiger partial charge >= 0.3 is 0 Å². The number of para-hydroxylation sites is 1. The van der Waals surface area contributed by atoms with Gasteiger partial charge in [-0.05, 0) is 48.1 Å². The fraction of sp³-hybridized carbons (Fsp3) is 0.500. The highest BCUT2D eigenvalue weighted by Crippen LogP contribution is 2.41. The molecule has 2 heterocycles. The molecule has 0 bridgehead atoms. The van der Waals surface area contributed by atoms with Crippen molar-refractivity contribution in [1.29, 1.82) is 0 Å². The molecule has 3 fully saturated rings. The van der Waals surface area contributed by atoms with Gasteiger partial charge in [-0.25, -0.2) is 0 Å². The molecule has 0 radical (unpaired) electrons. The summed E-state index contributed by atoms with van der Waals surface area (Å²) in [4.78, 5) is 0. The Bertz CT molecular complexity index is 836. The van der Waals surface area contributed by atoms with Crippen molar-refractivity contribution < 1.29 is 14.2 Å². The number of hydrogen-bond donors (Lipinski definition) is 1. The van der Waals surface area contributed by atoms with Crippen LogP contribution in [0, 0.1) is 0 Å². The molecule has 2 N–H and O–H groups in total. The maximum Gasteiger partial charge on any atom is 0.131 e. The van der Waals surface area contributed by atoms with Gasteiger partial charge in [0, 0.05) is 24.1 Å². The molecule has 4 heteroatoms. The van der Waals surface area contributed by atoms with E-state index in [4.69, 9.17) is 19.9 Å². The van der Waals surface area contributed by atoms with Crippen molar-refractivity contribution >= 4 is 5.69 Å². The molecule has 0 amide bonds. The van der Waals surface area contributed by atoms with Crippen LogP contribution in [0.4, 0.5) is 5.69 Å². The van der Waals surface area contributed by atoms with Gasteiger partial charge in [-0.1, -0.05) is 37.5 Å². The van der Waals surface area contributed by atoms with E-state index in [1.54, 1.807) is 0 Å². The van der Waals surface area contributed by atoms with Crippen molar-refractivity contribution in [2.24, 2.45) is 0 Å². The van der Waals surface area contributed by atoms with Crippen molar-refractivity contribution in [1.82, 2.24) is 0 Å². The highest BCUT2D eigenvalue weighted by molar-refractivity contribution is 5.58. The summed E-state index contributed by atoms with van der Waals surface area (Å²) in [6, 6.07) is 12.6.